The SMILES string of the molecule is CCOC[C@@]12CCCC(=O)[C@@]13CCN(CCc1ccccc1)[C@@H]2CC1=C3C=CCC1. The molecule has 2 bridgehead atoms. The molecule has 5 rings (SSSR count). The molecule has 2 fully saturated rings. The van der Waals surface area contributed by atoms with Gasteiger partial charge in [0.25, 0.3) is 0 Å². The van der Waals surface area contributed by atoms with Crippen LogP contribution in [0.2, 0.25) is 0 Å². The molecular weight excluding hydrogens is 370 g/mol. The van der Waals surface area contributed by atoms with Crippen LogP contribution < -0.4 is 0 Å². The molecule has 0 N–H and O–H groups in total. The van der Waals surface area contributed by atoms with Crippen LogP contribution >= 0.6 is 0 Å². The Kier molecular flexibility index (Phi) is 5.45. The zero-order chi connectivity index (χ0) is 20.6. The summed E-state index contributed by atoms with van der Waals surface area (Å²) in [5.41, 5.74) is 4.00. The first-order chi connectivity index (χ1) is 14.7. The molecule has 4 aliphatic rings. The van der Waals surface area contributed by atoms with Gasteiger partial charge in [0, 0.05) is 31.0 Å². The van der Waals surface area contributed by atoms with Gasteiger partial charge in [0.2, 0.25) is 0 Å². The summed E-state index contributed by atoms with van der Waals surface area (Å²) in [6.45, 7) is 5.65. The minimum atomic E-state index is -0.307. The summed E-state index contributed by atoms with van der Waals surface area (Å²) >= 11 is 0. The van der Waals surface area contributed by atoms with E-state index in [1.54, 1.807) is 5.57 Å². The molecular formula is C27H35NO2. The number of likely N-dealkylation sites (tertiary alicyclic amines) is 1. The number of ether oxygens (including phenoxy) is 1. The van der Waals surface area contributed by atoms with E-state index in [2.05, 4.69) is 54.3 Å². The predicted octanol–water partition coefficient (Wildman–Crippen LogP) is 5.12. The van der Waals surface area contributed by atoms with Gasteiger partial charge in [-0.15, -0.1) is 0 Å². The van der Waals surface area contributed by atoms with Gasteiger partial charge in [-0.3, -0.25) is 9.69 Å². The van der Waals surface area contributed by atoms with E-state index in [-0.39, 0.29) is 10.8 Å². The Bertz CT molecular complexity index is 857. The molecule has 160 valence electrons. The second-order valence-electron chi connectivity index (χ2n) is 9.68. The molecule has 0 amide bonds. The number of carbonyl (C=O) groups is 1. The van der Waals surface area contributed by atoms with Crippen molar-refractivity contribution < 1.29 is 9.53 Å². The first kappa shape index (κ1) is 20.2. The Balaban J connectivity index is 1.54. The zero-order valence-electron chi connectivity index (χ0n) is 18.4. The highest BCUT2D eigenvalue weighted by Crippen LogP contribution is 2.65. The highest BCUT2D eigenvalue weighted by molar-refractivity contribution is 5.91. The molecule has 3 atom stereocenters. The fourth-order valence-corrected chi connectivity index (χ4v) is 7.16. The number of hydrogen-bond acceptors (Lipinski definition) is 3. The third-order valence-corrected chi connectivity index (χ3v) is 8.48. The molecule has 1 saturated heterocycles. The lowest BCUT2D eigenvalue weighted by Crippen LogP contribution is -2.70. The lowest BCUT2D eigenvalue weighted by atomic mass is 9.43. The van der Waals surface area contributed by atoms with Crippen molar-refractivity contribution in [2.24, 2.45) is 10.8 Å². The number of benzene rings is 1. The molecule has 0 radical (unpaired) electrons. The number of allylic oxidation sites excluding steroid dienone is 3. The van der Waals surface area contributed by atoms with E-state index in [9.17, 15) is 4.79 Å². The molecule has 1 aromatic carbocycles. The number of piperidine rings is 1. The number of ketones is 1. The first-order valence-electron chi connectivity index (χ1n) is 12.0. The molecule has 1 aromatic rings. The van der Waals surface area contributed by atoms with Gasteiger partial charge >= 0.3 is 0 Å². The van der Waals surface area contributed by atoms with Crippen molar-refractivity contribution in [1.29, 1.82) is 0 Å². The molecule has 3 heteroatoms. The summed E-state index contributed by atoms with van der Waals surface area (Å²) in [5, 5.41) is 0. The topological polar surface area (TPSA) is 29.5 Å². The molecule has 3 aliphatic carbocycles. The van der Waals surface area contributed by atoms with Gasteiger partial charge < -0.3 is 4.74 Å². The quantitative estimate of drug-likeness (QED) is 0.658. The Labute approximate surface area is 181 Å². The standard InChI is InChI=1S/C27H35NO2/c1-2-30-20-26-15-8-13-25(29)27(26)16-18-28(17-14-21-9-4-3-5-10-21)24(26)19-22-11-6-7-12-23(22)27/h3-5,7,9-10,12,24H,2,6,8,11,13-20H2,1H3/t24-,26-,27+/m1/s1. The van der Waals surface area contributed by atoms with Gasteiger partial charge in [0.15, 0.2) is 0 Å². The predicted molar refractivity (Wildman–Crippen MR) is 120 cm³/mol. The van der Waals surface area contributed by atoms with Crippen LogP contribution in [0.4, 0.5) is 0 Å². The normalized spacial score (nSPS) is 33.4. The summed E-state index contributed by atoms with van der Waals surface area (Å²) in [7, 11) is 0. The van der Waals surface area contributed by atoms with Crippen LogP contribution in [0.1, 0.15) is 57.4 Å². The second kappa shape index (κ2) is 8.09. The number of Topliss-reactive ketones (excluding diaryl/α,β-unsaturated/α-hetero) is 1. The monoisotopic (exact) mass is 405 g/mol. The highest BCUT2D eigenvalue weighted by atomic mass is 16.5. The van der Waals surface area contributed by atoms with Crippen molar-refractivity contribution >= 4 is 5.78 Å². The molecule has 0 unspecified atom stereocenters. The van der Waals surface area contributed by atoms with Crippen LogP contribution in [0.3, 0.4) is 0 Å². The van der Waals surface area contributed by atoms with E-state index in [0.29, 0.717) is 11.8 Å². The van der Waals surface area contributed by atoms with Crippen LogP contribution in [0.15, 0.2) is 53.6 Å². The number of nitrogens with zero attached hydrogens (tertiary/aromatic N) is 1. The number of carbonyl (C=O) groups excluding carboxylic acids is 1. The maximum absolute atomic E-state index is 13.7. The molecule has 30 heavy (non-hydrogen) atoms. The first-order valence-corrected chi connectivity index (χ1v) is 12.0. The zero-order valence-corrected chi connectivity index (χ0v) is 18.4. The van der Waals surface area contributed by atoms with Gasteiger partial charge in [0.1, 0.15) is 5.78 Å². The number of hydrogen-bond donors (Lipinski definition) is 0. The molecule has 3 nitrogen and oxygen atoms in total. The summed E-state index contributed by atoms with van der Waals surface area (Å²) < 4.78 is 6.18. The number of rotatable bonds is 6. The van der Waals surface area contributed by atoms with Crippen LogP contribution in [0.5, 0.6) is 0 Å². The third-order valence-electron chi connectivity index (χ3n) is 8.48. The van der Waals surface area contributed by atoms with Crippen molar-refractivity contribution in [3.05, 3.63) is 59.2 Å². The van der Waals surface area contributed by atoms with Gasteiger partial charge in [-0.2, -0.15) is 0 Å². The van der Waals surface area contributed by atoms with Crippen molar-refractivity contribution in [2.45, 2.75) is 64.3 Å². The van der Waals surface area contributed by atoms with Gasteiger partial charge in [-0.05, 0) is 69.6 Å². The van der Waals surface area contributed by atoms with Crippen molar-refractivity contribution in [3.63, 3.8) is 0 Å². The van der Waals surface area contributed by atoms with E-state index in [1.807, 2.05) is 0 Å². The third kappa shape index (κ3) is 2.97. The Morgan fingerprint density at radius 1 is 1.17 bits per heavy atom. The smallest absolute Gasteiger partial charge is 0.144 e. The molecule has 1 heterocycles. The van der Waals surface area contributed by atoms with Crippen LogP contribution in [-0.2, 0) is 16.0 Å². The average Bonchev–Trinajstić information content (AvgIpc) is 2.78. The van der Waals surface area contributed by atoms with E-state index in [4.69, 9.17) is 4.74 Å². The van der Waals surface area contributed by atoms with E-state index >= 15 is 0 Å². The largest absolute Gasteiger partial charge is 0.381 e. The maximum Gasteiger partial charge on any atom is 0.144 e. The lowest BCUT2D eigenvalue weighted by molar-refractivity contribution is -0.172. The Morgan fingerprint density at radius 3 is 2.87 bits per heavy atom. The van der Waals surface area contributed by atoms with Crippen LogP contribution in [-0.4, -0.2) is 43.0 Å². The molecule has 0 aromatic heterocycles. The van der Waals surface area contributed by atoms with Crippen LogP contribution in [0.25, 0.3) is 0 Å². The summed E-state index contributed by atoms with van der Waals surface area (Å²) in [6.07, 6.45) is 12.9. The molecule has 1 aliphatic heterocycles. The van der Waals surface area contributed by atoms with Crippen molar-refractivity contribution in [3.8, 4) is 0 Å². The summed E-state index contributed by atoms with van der Waals surface area (Å²) in [5.74, 6) is 0.500. The summed E-state index contributed by atoms with van der Waals surface area (Å²) in [4.78, 5) is 16.5. The van der Waals surface area contributed by atoms with E-state index in [0.717, 1.165) is 77.7 Å². The fourth-order valence-electron chi connectivity index (χ4n) is 7.16. The Morgan fingerprint density at radius 2 is 2.03 bits per heavy atom. The highest BCUT2D eigenvalue weighted by Gasteiger charge is 2.67. The summed E-state index contributed by atoms with van der Waals surface area (Å²) in [6, 6.07) is 11.3. The van der Waals surface area contributed by atoms with Gasteiger partial charge in [0.05, 0.1) is 12.0 Å². The van der Waals surface area contributed by atoms with Crippen LogP contribution in [0, 0.1) is 10.8 Å². The lowest BCUT2D eigenvalue weighted by Gasteiger charge is -2.65. The average molecular weight is 406 g/mol. The van der Waals surface area contributed by atoms with Gasteiger partial charge in [-0.25, -0.2) is 0 Å². The van der Waals surface area contributed by atoms with Crippen molar-refractivity contribution in [1.82, 2.24) is 4.90 Å². The maximum atomic E-state index is 13.7. The minimum Gasteiger partial charge on any atom is -0.381 e. The van der Waals surface area contributed by atoms with E-state index in [1.165, 1.54) is 11.1 Å². The van der Waals surface area contributed by atoms with E-state index < -0.39 is 0 Å². The van der Waals surface area contributed by atoms with Crippen molar-refractivity contribution in [2.75, 3.05) is 26.3 Å². The molecule has 0 spiro atoms. The second-order valence-corrected chi connectivity index (χ2v) is 9.68. The molecule has 1 saturated carbocycles. The Hall–Kier alpha value is -1.71. The minimum absolute atomic E-state index is 0.0617. The fraction of sp³-hybridized carbons (Fsp3) is 0.593. The van der Waals surface area contributed by atoms with Gasteiger partial charge in [-0.1, -0.05) is 48.1 Å².